The monoisotopic (exact) mass is 232 g/mol. The summed E-state index contributed by atoms with van der Waals surface area (Å²) in [6.45, 7) is 8.92. The zero-order valence-corrected chi connectivity index (χ0v) is 10.9. The van der Waals surface area contributed by atoms with Crippen molar-refractivity contribution in [1.82, 2.24) is 4.31 Å². The Bertz CT molecular complexity index is 333. The number of hydrogen-bond donors (Lipinski definition) is 0. The first-order chi connectivity index (χ1) is 6.64. The highest BCUT2D eigenvalue weighted by Crippen LogP contribution is 2.22. The first kappa shape index (κ1) is 14.4. The molecule has 0 atom stereocenters. The highest BCUT2D eigenvalue weighted by atomic mass is 32.2. The summed E-state index contributed by atoms with van der Waals surface area (Å²) in [5.41, 5.74) is 0. The van der Waals surface area contributed by atoms with Crippen molar-refractivity contribution in [1.29, 1.82) is 5.26 Å². The third-order valence-electron chi connectivity index (χ3n) is 2.10. The summed E-state index contributed by atoms with van der Waals surface area (Å²) < 4.78 is 24.8. The van der Waals surface area contributed by atoms with E-state index in [1.807, 2.05) is 19.9 Å². The Kier molecular flexibility index (Phi) is 4.75. The van der Waals surface area contributed by atoms with Gasteiger partial charge in [-0.1, -0.05) is 0 Å². The molecule has 0 fully saturated rings. The Balaban J connectivity index is 5.03. The van der Waals surface area contributed by atoms with Crippen molar-refractivity contribution in [2.24, 2.45) is 0 Å². The van der Waals surface area contributed by atoms with Crippen LogP contribution in [0, 0.1) is 11.3 Å². The van der Waals surface area contributed by atoms with Crippen molar-refractivity contribution in [3.63, 3.8) is 0 Å². The van der Waals surface area contributed by atoms with E-state index in [0.717, 1.165) is 0 Å². The summed E-state index contributed by atoms with van der Waals surface area (Å²) in [5.74, 6) is 0. The number of hydrogen-bond acceptors (Lipinski definition) is 3. The molecule has 0 heterocycles. The maximum Gasteiger partial charge on any atom is 0.219 e. The molecule has 0 spiro atoms. The molecule has 0 unspecified atom stereocenters. The van der Waals surface area contributed by atoms with Crippen molar-refractivity contribution < 1.29 is 8.42 Å². The Morgan fingerprint density at radius 3 is 2.07 bits per heavy atom. The van der Waals surface area contributed by atoms with E-state index in [1.165, 1.54) is 4.31 Å². The molecular formula is C10H20N2O2S. The molecule has 0 aromatic heterocycles. The number of nitrogens with zero attached hydrogens (tertiary/aromatic N) is 2. The topological polar surface area (TPSA) is 61.2 Å². The molecular weight excluding hydrogens is 212 g/mol. The Morgan fingerprint density at radius 2 is 1.80 bits per heavy atom. The van der Waals surface area contributed by atoms with Gasteiger partial charge in [0.15, 0.2) is 0 Å². The lowest BCUT2D eigenvalue weighted by Crippen LogP contribution is -2.46. The van der Waals surface area contributed by atoms with E-state index < -0.39 is 14.8 Å². The SMILES string of the molecule is CC(C)N(CCC#N)S(=O)(=O)C(C)(C)C. The molecule has 0 aromatic carbocycles. The molecule has 88 valence electrons. The van der Waals surface area contributed by atoms with Gasteiger partial charge in [0, 0.05) is 19.0 Å². The second-order valence-corrected chi connectivity index (χ2v) is 7.37. The molecule has 0 amide bonds. The minimum atomic E-state index is -3.33. The molecule has 0 N–H and O–H groups in total. The van der Waals surface area contributed by atoms with E-state index in [0.29, 0.717) is 0 Å². The van der Waals surface area contributed by atoms with Crippen molar-refractivity contribution in [2.45, 2.75) is 51.8 Å². The highest BCUT2D eigenvalue weighted by molar-refractivity contribution is 7.90. The molecule has 15 heavy (non-hydrogen) atoms. The summed E-state index contributed by atoms with van der Waals surface area (Å²) in [5, 5.41) is 8.49. The maximum absolute atomic E-state index is 12.1. The van der Waals surface area contributed by atoms with Gasteiger partial charge in [0.2, 0.25) is 10.0 Å². The zero-order chi connectivity index (χ0) is 12.3. The van der Waals surface area contributed by atoms with Crippen molar-refractivity contribution in [2.75, 3.05) is 6.54 Å². The minimum absolute atomic E-state index is 0.109. The molecule has 0 aliphatic rings. The lowest BCUT2D eigenvalue weighted by atomic mass is 10.3. The molecule has 0 bridgehead atoms. The van der Waals surface area contributed by atoms with Gasteiger partial charge >= 0.3 is 0 Å². The van der Waals surface area contributed by atoms with Gasteiger partial charge in [0.1, 0.15) is 0 Å². The predicted molar refractivity (Wildman–Crippen MR) is 60.7 cm³/mol. The Morgan fingerprint density at radius 1 is 1.33 bits per heavy atom. The van der Waals surface area contributed by atoms with Gasteiger partial charge in [-0.2, -0.15) is 9.57 Å². The van der Waals surface area contributed by atoms with Crippen LogP contribution in [-0.2, 0) is 10.0 Å². The van der Waals surface area contributed by atoms with E-state index in [4.69, 9.17) is 5.26 Å². The quantitative estimate of drug-likeness (QED) is 0.741. The standard InChI is InChI=1S/C10H20N2O2S/c1-9(2)12(8-6-7-11)15(13,14)10(3,4)5/h9H,6,8H2,1-5H3. The molecule has 0 aliphatic carbocycles. The van der Waals surface area contributed by atoms with Gasteiger partial charge in [-0.3, -0.25) is 0 Å². The molecule has 0 saturated carbocycles. The third-order valence-corrected chi connectivity index (χ3v) is 4.87. The molecule has 0 rings (SSSR count). The first-order valence-electron chi connectivity index (χ1n) is 5.03. The fraction of sp³-hybridized carbons (Fsp3) is 0.900. The highest BCUT2D eigenvalue weighted by Gasteiger charge is 2.36. The van der Waals surface area contributed by atoms with Crippen LogP contribution in [0.25, 0.3) is 0 Å². The Hall–Kier alpha value is -0.600. The summed E-state index contributed by atoms with van der Waals surface area (Å²) in [7, 11) is -3.33. The lowest BCUT2D eigenvalue weighted by molar-refractivity contribution is 0.348. The van der Waals surface area contributed by atoms with Crippen LogP contribution in [0.2, 0.25) is 0 Å². The lowest BCUT2D eigenvalue weighted by Gasteiger charge is -2.32. The largest absolute Gasteiger partial charge is 0.219 e. The van der Waals surface area contributed by atoms with Gasteiger partial charge in [-0.25, -0.2) is 8.42 Å². The fourth-order valence-electron chi connectivity index (χ4n) is 1.17. The zero-order valence-electron chi connectivity index (χ0n) is 10.1. The molecule has 0 aliphatic heterocycles. The second-order valence-electron chi connectivity index (χ2n) is 4.73. The van der Waals surface area contributed by atoms with Crippen LogP contribution in [0.3, 0.4) is 0 Å². The van der Waals surface area contributed by atoms with E-state index >= 15 is 0 Å². The van der Waals surface area contributed by atoms with E-state index in [-0.39, 0.29) is 19.0 Å². The third kappa shape index (κ3) is 3.47. The number of rotatable bonds is 4. The van der Waals surface area contributed by atoms with E-state index in [9.17, 15) is 8.42 Å². The molecule has 4 nitrogen and oxygen atoms in total. The molecule has 0 saturated heterocycles. The van der Waals surface area contributed by atoms with Crippen LogP contribution >= 0.6 is 0 Å². The average Bonchev–Trinajstić information content (AvgIpc) is 2.01. The van der Waals surface area contributed by atoms with Crippen LogP contribution < -0.4 is 0 Å². The van der Waals surface area contributed by atoms with Gasteiger partial charge in [0.05, 0.1) is 10.8 Å². The van der Waals surface area contributed by atoms with Gasteiger partial charge in [-0.05, 0) is 34.6 Å². The molecule has 0 aromatic rings. The van der Waals surface area contributed by atoms with Crippen LogP contribution in [0.5, 0.6) is 0 Å². The number of nitriles is 1. The van der Waals surface area contributed by atoms with Crippen LogP contribution in [0.15, 0.2) is 0 Å². The summed E-state index contributed by atoms with van der Waals surface area (Å²) >= 11 is 0. The fourth-order valence-corrected chi connectivity index (χ4v) is 2.76. The smallest absolute Gasteiger partial charge is 0.212 e. The van der Waals surface area contributed by atoms with Crippen molar-refractivity contribution in [3.05, 3.63) is 0 Å². The molecule has 5 heteroatoms. The summed E-state index contributed by atoms with van der Waals surface area (Å²) in [6, 6.07) is 1.86. The summed E-state index contributed by atoms with van der Waals surface area (Å²) in [6.07, 6.45) is 0.230. The minimum Gasteiger partial charge on any atom is -0.212 e. The second kappa shape index (κ2) is 4.95. The molecule has 0 radical (unpaired) electrons. The normalized spacial score (nSPS) is 13.2. The van der Waals surface area contributed by atoms with Crippen LogP contribution in [0.1, 0.15) is 41.0 Å². The summed E-state index contributed by atoms with van der Waals surface area (Å²) in [4.78, 5) is 0. The maximum atomic E-state index is 12.1. The predicted octanol–water partition coefficient (Wildman–Crippen LogP) is 1.74. The van der Waals surface area contributed by atoms with Crippen LogP contribution in [-0.4, -0.2) is 30.1 Å². The Labute approximate surface area is 92.9 Å². The average molecular weight is 232 g/mol. The number of sulfonamides is 1. The first-order valence-corrected chi connectivity index (χ1v) is 6.47. The van der Waals surface area contributed by atoms with Crippen molar-refractivity contribution >= 4 is 10.0 Å². The van der Waals surface area contributed by atoms with Crippen LogP contribution in [0.4, 0.5) is 0 Å². The van der Waals surface area contributed by atoms with Gasteiger partial charge < -0.3 is 0 Å². The van der Waals surface area contributed by atoms with Crippen molar-refractivity contribution in [3.8, 4) is 6.07 Å². The van der Waals surface area contributed by atoms with Gasteiger partial charge in [-0.15, -0.1) is 0 Å². The van der Waals surface area contributed by atoms with E-state index in [1.54, 1.807) is 20.8 Å². The van der Waals surface area contributed by atoms with Gasteiger partial charge in [0.25, 0.3) is 0 Å². The van der Waals surface area contributed by atoms with E-state index in [2.05, 4.69) is 0 Å².